The van der Waals surface area contributed by atoms with Crippen LogP contribution in [0.2, 0.25) is 0 Å². The van der Waals surface area contributed by atoms with Gasteiger partial charge in [0.15, 0.2) is 5.13 Å². The molecule has 0 fully saturated rings. The number of aromatic nitrogens is 1. The molecule has 1 aliphatic rings. The fourth-order valence-electron chi connectivity index (χ4n) is 2.70. The number of nitrogens with zero attached hydrogens (tertiary/aromatic N) is 2. The summed E-state index contributed by atoms with van der Waals surface area (Å²) < 4.78 is 0. The first-order valence-corrected chi connectivity index (χ1v) is 8.78. The van der Waals surface area contributed by atoms with Crippen LogP contribution in [0.1, 0.15) is 23.4 Å². The number of rotatable bonds is 6. The predicted octanol–water partition coefficient (Wildman–Crippen LogP) is 3.65. The highest BCUT2D eigenvalue weighted by molar-refractivity contribution is 7.16. The lowest BCUT2D eigenvalue weighted by Gasteiger charge is -2.18. The molecular formula is C18H21N3OS. The van der Waals surface area contributed by atoms with Crippen molar-refractivity contribution in [3.63, 3.8) is 0 Å². The summed E-state index contributed by atoms with van der Waals surface area (Å²) in [4.78, 5) is 20.4. The lowest BCUT2D eigenvalue weighted by atomic mass is 10.0. The van der Waals surface area contributed by atoms with Gasteiger partial charge < -0.3 is 5.32 Å². The third-order valence-corrected chi connectivity index (χ3v) is 5.08. The van der Waals surface area contributed by atoms with E-state index in [0.717, 1.165) is 23.7 Å². The summed E-state index contributed by atoms with van der Waals surface area (Å²) in [6.45, 7) is 4.51. The molecule has 0 radical (unpaired) electrons. The second kappa shape index (κ2) is 7.42. The van der Waals surface area contributed by atoms with Gasteiger partial charge >= 0.3 is 0 Å². The molecule has 0 bridgehead atoms. The number of nitrogens with one attached hydrogen (secondary N) is 1. The maximum atomic E-state index is 12.6. The summed E-state index contributed by atoms with van der Waals surface area (Å²) in [7, 11) is 0. The summed E-state index contributed by atoms with van der Waals surface area (Å²) in [6, 6.07) is 9.75. The number of para-hydroxylation sites is 1. The second-order valence-corrected chi connectivity index (χ2v) is 6.65. The summed E-state index contributed by atoms with van der Waals surface area (Å²) in [5.41, 5.74) is 2.12. The van der Waals surface area contributed by atoms with E-state index in [1.54, 1.807) is 22.3 Å². The van der Waals surface area contributed by atoms with Crippen LogP contribution in [-0.4, -0.2) is 24.0 Å². The molecule has 0 atom stereocenters. The molecule has 1 aromatic carbocycles. The van der Waals surface area contributed by atoms with Crippen molar-refractivity contribution < 1.29 is 4.79 Å². The summed E-state index contributed by atoms with van der Waals surface area (Å²) in [6.07, 6.45) is 6.29. The molecule has 23 heavy (non-hydrogen) atoms. The minimum absolute atomic E-state index is 0.0137. The van der Waals surface area contributed by atoms with Gasteiger partial charge in [-0.1, -0.05) is 24.3 Å². The zero-order chi connectivity index (χ0) is 16.1. The Bertz CT molecular complexity index is 657. The number of aryl methyl sites for hydroxylation is 2. The molecule has 0 aliphatic heterocycles. The first-order valence-electron chi connectivity index (χ1n) is 7.96. The first-order chi connectivity index (χ1) is 11.3. The van der Waals surface area contributed by atoms with Crippen LogP contribution in [0.5, 0.6) is 0 Å². The first kappa shape index (κ1) is 15.7. The van der Waals surface area contributed by atoms with Crippen LogP contribution < -0.4 is 10.2 Å². The van der Waals surface area contributed by atoms with Gasteiger partial charge in [-0.2, -0.15) is 0 Å². The SMILES string of the molecule is C=CCN(C(=O)CNc1ccccc1)c1nc2c(s1)CCCC2. The Kier molecular flexibility index (Phi) is 5.08. The molecule has 1 N–H and O–H groups in total. The Balaban J connectivity index is 1.71. The van der Waals surface area contributed by atoms with Gasteiger partial charge in [0.25, 0.3) is 0 Å². The molecule has 3 rings (SSSR count). The van der Waals surface area contributed by atoms with Crippen molar-refractivity contribution in [3.05, 3.63) is 53.6 Å². The van der Waals surface area contributed by atoms with Crippen LogP contribution in [0.4, 0.5) is 10.8 Å². The van der Waals surface area contributed by atoms with Gasteiger partial charge in [-0.05, 0) is 37.8 Å². The van der Waals surface area contributed by atoms with Crippen LogP contribution in [0.25, 0.3) is 0 Å². The second-order valence-electron chi connectivity index (χ2n) is 5.59. The average molecular weight is 327 g/mol. The van der Waals surface area contributed by atoms with E-state index in [-0.39, 0.29) is 12.5 Å². The van der Waals surface area contributed by atoms with Crippen molar-refractivity contribution >= 4 is 28.1 Å². The Morgan fingerprint density at radius 3 is 2.83 bits per heavy atom. The van der Waals surface area contributed by atoms with Crippen LogP contribution in [0.3, 0.4) is 0 Å². The van der Waals surface area contributed by atoms with E-state index < -0.39 is 0 Å². The standard InChI is InChI=1S/C18H21N3OS/c1-2-12-21(17(22)13-19-14-8-4-3-5-9-14)18-20-15-10-6-7-11-16(15)23-18/h2-5,8-9,19H,1,6-7,10-13H2. The highest BCUT2D eigenvalue weighted by Gasteiger charge is 2.22. The molecule has 1 aliphatic carbocycles. The number of amides is 1. The fourth-order valence-corrected chi connectivity index (χ4v) is 3.87. The molecule has 120 valence electrons. The number of fused-ring (bicyclic) bond motifs is 1. The van der Waals surface area contributed by atoms with E-state index in [1.807, 2.05) is 30.3 Å². The number of carbonyl (C=O) groups is 1. The van der Waals surface area contributed by atoms with Crippen LogP contribution in [0, 0.1) is 0 Å². The molecule has 5 heteroatoms. The molecule has 1 heterocycles. The van der Waals surface area contributed by atoms with Crippen LogP contribution in [-0.2, 0) is 17.6 Å². The topological polar surface area (TPSA) is 45.2 Å². The Morgan fingerprint density at radius 2 is 2.09 bits per heavy atom. The van der Waals surface area contributed by atoms with E-state index >= 15 is 0 Å². The van der Waals surface area contributed by atoms with Gasteiger partial charge in [0, 0.05) is 17.1 Å². The van der Waals surface area contributed by atoms with E-state index in [2.05, 4.69) is 11.9 Å². The molecule has 0 saturated carbocycles. The molecule has 4 nitrogen and oxygen atoms in total. The molecule has 0 saturated heterocycles. The summed E-state index contributed by atoms with van der Waals surface area (Å²) in [5.74, 6) is 0.0137. The maximum Gasteiger partial charge on any atom is 0.248 e. The minimum atomic E-state index is 0.0137. The molecule has 0 unspecified atom stereocenters. The van der Waals surface area contributed by atoms with E-state index in [0.29, 0.717) is 6.54 Å². The van der Waals surface area contributed by atoms with E-state index in [4.69, 9.17) is 4.98 Å². The molecule has 2 aromatic rings. The van der Waals surface area contributed by atoms with Crippen LogP contribution in [0.15, 0.2) is 43.0 Å². The Hall–Kier alpha value is -2.14. The van der Waals surface area contributed by atoms with Crippen molar-refractivity contribution in [2.45, 2.75) is 25.7 Å². The average Bonchev–Trinajstić information content (AvgIpc) is 3.02. The largest absolute Gasteiger partial charge is 0.376 e. The van der Waals surface area contributed by atoms with Crippen molar-refractivity contribution in [1.29, 1.82) is 0 Å². The third kappa shape index (κ3) is 3.79. The van der Waals surface area contributed by atoms with Gasteiger partial charge in [-0.25, -0.2) is 4.98 Å². The minimum Gasteiger partial charge on any atom is -0.376 e. The van der Waals surface area contributed by atoms with Crippen molar-refractivity contribution in [1.82, 2.24) is 4.98 Å². The lowest BCUT2D eigenvalue weighted by Crippen LogP contribution is -2.35. The van der Waals surface area contributed by atoms with Crippen molar-refractivity contribution in [2.75, 3.05) is 23.3 Å². The van der Waals surface area contributed by atoms with Gasteiger partial charge in [0.05, 0.1) is 12.2 Å². The highest BCUT2D eigenvalue weighted by Crippen LogP contribution is 2.31. The quantitative estimate of drug-likeness (QED) is 0.824. The van der Waals surface area contributed by atoms with Gasteiger partial charge in [0.2, 0.25) is 5.91 Å². The van der Waals surface area contributed by atoms with E-state index in [1.165, 1.54) is 23.4 Å². The van der Waals surface area contributed by atoms with Gasteiger partial charge in [-0.15, -0.1) is 17.9 Å². The Morgan fingerprint density at radius 1 is 1.30 bits per heavy atom. The number of carbonyl (C=O) groups excluding carboxylic acids is 1. The highest BCUT2D eigenvalue weighted by atomic mass is 32.1. The lowest BCUT2D eigenvalue weighted by molar-refractivity contribution is -0.116. The van der Waals surface area contributed by atoms with Crippen molar-refractivity contribution in [2.24, 2.45) is 0 Å². The normalized spacial score (nSPS) is 13.2. The van der Waals surface area contributed by atoms with Crippen LogP contribution >= 0.6 is 11.3 Å². The third-order valence-electron chi connectivity index (χ3n) is 3.90. The van der Waals surface area contributed by atoms with Crippen molar-refractivity contribution in [3.8, 4) is 0 Å². The zero-order valence-corrected chi connectivity index (χ0v) is 13.9. The molecule has 1 amide bonds. The zero-order valence-electron chi connectivity index (χ0n) is 13.1. The fraction of sp³-hybridized carbons (Fsp3) is 0.333. The predicted molar refractivity (Wildman–Crippen MR) is 96.2 cm³/mol. The van der Waals surface area contributed by atoms with Gasteiger partial charge in [0.1, 0.15) is 0 Å². The monoisotopic (exact) mass is 327 g/mol. The van der Waals surface area contributed by atoms with E-state index in [9.17, 15) is 4.79 Å². The summed E-state index contributed by atoms with van der Waals surface area (Å²) >= 11 is 1.65. The molecule has 0 spiro atoms. The number of thiazole rings is 1. The van der Waals surface area contributed by atoms with Gasteiger partial charge in [-0.3, -0.25) is 9.69 Å². The smallest absolute Gasteiger partial charge is 0.248 e. The maximum absolute atomic E-state index is 12.6. The summed E-state index contributed by atoms with van der Waals surface area (Å²) in [5, 5.41) is 3.97. The number of hydrogen-bond donors (Lipinski definition) is 1. The number of hydrogen-bond acceptors (Lipinski definition) is 4. The molecule has 1 aromatic heterocycles. The molecular weight excluding hydrogens is 306 g/mol. The number of anilines is 2. The Labute approximate surface area is 140 Å². The number of benzene rings is 1.